The van der Waals surface area contributed by atoms with Gasteiger partial charge in [0.2, 0.25) is 0 Å². The van der Waals surface area contributed by atoms with Crippen LogP contribution in [-0.2, 0) is 9.53 Å². The highest BCUT2D eigenvalue weighted by molar-refractivity contribution is 8.18. The number of aliphatic imine (C=N–C) groups is 1. The van der Waals surface area contributed by atoms with E-state index < -0.39 is 5.97 Å². The number of benzene rings is 1. The normalized spacial score (nSPS) is 22.0. The van der Waals surface area contributed by atoms with Gasteiger partial charge in [-0.15, -0.1) is 0 Å². The van der Waals surface area contributed by atoms with Gasteiger partial charge >= 0.3 is 5.97 Å². The molecule has 0 amide bonds. The summed E-state index contributed by atoms with van der Waals surface area (Å²) in [5.41, 5.74) is 0.927. The minimum Gasteiger partial charge on any atom is -0.506 e. The molecule has 1 aromatic rings. The molecule has 0 unspecified atom stereocenters. The molecule has 4 nitrogen and oxygen atoms in total. The van der Waals surface area contributed by atoms with Gasteiger partial charge in [0.1, 0.15) is 16.4 Å². The molecule has 25 heavy (non-hydrogen) atoms. The van der Waals surface area contributed by atoms with E-state index in [4.69, 9.17) is 4.74 Å². The van der Waals surface area contributed by atoms with E-state index in [9.17, 15) is 9.90 Å². The zero-order chi connectivity index (χ0) is 17.6. The Balaban J connectivity index is 1.94. The third-order valence-electron chi connectivity index (χ3n) is 4.39. The lowest BCUT2D eigenvalue weighted by atomic mass is 9.89. The first kappa shape index (κ1) is 17.8. The molecule has 2 aliphatic rings. The number of allylic oxidation sites excluding steroid dienone is 1. The van der Waals surface area contributed by atoms with E-state index in [0.717, 1.165) is 23.4 Å². The third-order valence-corrected chi connectivity index (χ3v) is 5.43. The molecule has 0 atom stereocenters. The van der Waals surface area contributed by atoms with Gasteiger partial charge in [-0.2, -0.15) is 0 Å². The molecule has 1 aliphatic carbocycles. The maximum absolute atomic E-state index is 12.3. The molecule has 0 radical (unpaired) electrons. The van der Waals surface area contributed by atoms with Gasteiger partial charge in [-0.25, -0.2) is 9.79 Å². The monoisotopic (exact) mass is 357 g/mol. The van der Waals surface area contributed by atoms with Gasteiger partial charge in [-0.1, -0.05) is 55.3 Å². The van der Waals surface area contributed by atoms with Crippen molar-refractivity contribution in [2.45, 2.75) is 39.0 Å². The zero-order valence-electron chi connectivity index (χ0n) is 14.4. The van der Waals surface area contributed by atoms with Gasteiger partial charge in [-0.05, 0) is 37.8 Å². The fraction of sp³-hybridized carbons (Fsp3) is 0.400. The van der Waals surface area contributed by atoms with Crippen LogP contribution in [0.15, 0.2) is 57.6 Å². The van der Waals surface area contributed by atoms with Crippen molar-refractivity contribution >= 4 is 28.5 Å². The average molecular weight is 357 g/mol. The summed E-state index contributed by atoms with van der Waals surface area (Å²) >= 11 is 1.36. The number of hydrogen-bond acceptors (Lipinski definition) is 5. The lowest BCUT2D eigenvalue weighted by Crippen LogP contribution is -2.12. The molecular weight excluding hydrogens is 334 g/mol. The average Bonchev–Trinajstić information content (AvgIpc) is 2.92. The van der Waals surface area contributed by atoms with E-state index in [2.05, 4.69) is 11.1 Å². The maximum Gasteiger partial charge on any atom is 0.344 e. The number of para-hydroxylation sites is 1. The summed E-state index contributed by atoms with van der Waals surface area (Å²) in [5.74, 6) is -0.0594. The first-order chi connectivity index (χ1) is 12.2. The first-order valence-corrected chi connectivity index (χ1v) is 9.65. The summed E-state index contributed by atoms with van der Waals surface area (Å²) in [5, 5.41) is 11.1. The van der Waals surface area contributed by atoms with Crippen molar-refractivity contribution in [3.63, 3.8) is 0 Å². The summed E-state index contributed by atoms with van der Waals surface area (Å²) < 4.78 is 5.12. The fourth-order valence-electron chi connectivity index (χ4n) is 3.14. The molecule has 1 heterocycles. The van der Waals surface area contributed by atoms with Gasteiger partial charge in [0.05, 0.1) is 17.2 Å². The number of nitrogens with zero attached hydrogens (tertiary/aromatic N) is 1. The molecule has 1 saturated carbocycles. The number of carbonyl (C=O) groups excluding carboxylic acids is 1. The predicted octanol–water partition coefficient (Wildman–Crippen LogP) is 5.30. The molecule has 0 spiro atoms. The summed E-state index contributed by atoms with van der Waals surface area (Å²) in [4.78, 5) is 17.6. The minimum atomic E-state index is -0.519. The number of rotatable bonds is 4. The second-order valence-corrected chi connectivity index (χ2v) is 7.26. The fourth-order valence-corrected chi connectivity index (χ4v) is 4.24. The Bertz CT molecular complexity index is 716. The highest BCUT2D eigenvalue weighted by Gasteiger charge is 2.33. The van der Waals surface area contributed by atoms with Crippen molar-refractivity contribution in [1.29, 1.82) is 0 Å². The van der Waals surface area contributed by atoms with Gasteiger partial charge in [0, 0.05) is 0 Å². The Kier molecular flexibility index (Phi) is 5.97. The first-order valence-electron chi connectivity index (χ1n) is 8.83. The van der Waals surface area contributed by atoms with Crippen LogP contribution in [0.2, 0.25) is 0 Å². The van der Waals surface area contributed by atoms with Crippen molar-refractivity contribution < 1.29 is 14.6 Å². The molecule has 132 valence electrons. The Morgan fingerprint density at radius 2 is 2.00 bits per heavy atom. The summed E-state index contributed by atoms with van der Waals surface area (Å²) in [6.45, 7) is 2.02. The third kappa shape index (κ3) is 4.34. The smallest absolute Gasteiger partial charge is 0.344 e. The van der Waals surface area contributed by atoms with Crippen molar-refractivity contribution in [3.8, 4) is 0 Å². The van der Waals surface area contributed by atoms with Crippen LogP contribution in [-0.4, -0.2) is 22.7 Å². The maximum atomic E-state index is 12.3. The van der Waals surface area contributed by atoms with Crippen LogP contribution in [0.3, 0.4) is 0 Å². The number of aliphatic hydroxyl groups excluding tert-OH is 1. The highest BCUT2D eigenvalue weighted by atomic mass is 32.2. The molecule has 1 aliphatic heterocycles. The van der Waals surface area contributed by atoms with E-state index in [-0.39, 0.29) is 17.9 Å². The van der Waals surface area contributed by atoms with Crippen LogP contribution in [0, 0.1) is 5.92 Å². The Morgan fingerprint density at radius 3 is 2.68 bits per heavy atom. The summed E-state index contributed by atoms with van der Waals surface area (Å²) in [6, 6.07) is 9.45. The molecule has 1 N–H and O–H groups in total. The number of ether oxygens (including phenoxy) is 1. The number of hydrogen-bond donors (Lipinski definition) is 1. The number of esters is 1. The number of carbonyl (C=O) groups is 1. The number of thioether (sulfide) groups is 1. The quantitative estimate of drug-likeness (QED) is 0.743. The SMILES string of the molecule is CCOC(=O)C1=C(O)/C(=C/C2CCCCC2)SC1=Nc1ccccc1. The Labute approximate surface area is 152 Å². The molecule has 0 bridgehead atoms. The van der Waals surface area contributed by atoms with Crippen LogP contribution in [0.5, 0.6) is 0 Å². The lowest BCUT2D eigenvalue weighted by molar-refractivity contribution is -0.138. The summed E-state index contributed by atoms with van der Waals surface area (Å²) in [7, 11) is 0. The minimum absolute atomic E-state index is 0.00343. The van der Waals surface area contributed by atoms with Gasteiger partial charge < -0.3 is 9.84 Å². The molecule has 0 aromatic heterocycles. The van der Waals surface area contributed by atoms with Crippen molar-refractivity contribution in [2.24, 2.45) is 10.9 Å². The lowest BCUT2D eigenvalue weighted by Gasteiger charge is -2.18. The van der Waals surface area contributed by atoms with E-state index in [1.165, 1.54) is 31.0 Å². The van der Waals surface area contributed by atoms with Crippen molar-refractivity contribution in [2.75, 3.05) is 6.61 Å². The van der Waals surface area contributed by atoms with E-state index in [1.54, 1.807) is 6.92 Å². The summed E-state index contributed by atoms with van der Waals surface area (Å²) in [6.07, 6.45) is 8.10. The molecule has 1 aromatic carbocycles. The van der Waals surface area contributed by atoms with Gasteiger partial charge in [-0.3, -0.25) is 0 Å². The van der Waals surface area contributed by atoms with Crippen LogP contribution in [0.1, 0.15) is 39.0 Å². The van der Waals surface area contributed by atoms with E-state index in [1.807, 2.05) is 30.3 Å². The Hall–Kier alpha value is -2.01. The number of aliphatic hydroxyl groups is 1. The second kappa shape index (κ2) is 8.39. The highest BCUT2D eigenvalue weighted by Crippen LogP contribution is 2.41. The standard InChI is InChI=1S/C20H23NO3S/c1-2-24-20(23)17-18(22)16(13-14-9-5-3-6-10-14)25-19(17)21-15-11-7-4-8-12-15/h4,7-8,11-14,22H,2-3,5-6,9-10H2,1H3/b16-13-,21-19?. The van der Waals surface area contributed by atoms with E-state index in [0.29, 0.717) is 11.0 Å². The van der Waals surface area contributed by atoms with Crippen LogP contribution in [0.4, 0.5) is 5.69 Å². The Morgan fingerprint density at radius 1 is 1.28 bits per heavy atom. The van der Waals surface area contributed by atoms with Crippen LogP contribution in [0.25, 0.3) is 0 Å². The van der Waals surface area contributed by atoms with Gasteiger partial charge in [0.25, 0.3) is 0 Å². The zero-order valence-corrected chi connectivity index (χ0v) is 15.2. The van der Waals surface area contributed by atoms with Crippen molar-refractivity contribution in [3.05, 3.63) is 52.6 Å². The van der Waals surface area contributed by atoms with Crippen LogP contribution < -0.4 is 0 Å². The van der Waals surface area contributed by atoms with Crippen LogP contribution >= 0.6 is 11.8 Å². The molecular formula is C20H23NO3S. The topological polar surface area (TPSA) is 58.9 Å². The molecule has 3 rings (SSSR count). The molecule has 1 fully saturated rings. The largest absolute Gasteiger partial charge is 0.506 e. The second-order valence-electron chi connectivity index (χ2n) is 6.23. The van der Waals surface area contributed by atoms with E-state index >= 15 is 0 Å². The van der Waals surface area contributed by atoms with Gasteiger partial charge in [0.15, 0.2) is 0 Å². The molecule has 5 heteroatoms. The molecule has 0 saturated heterocycles. The van der Waals surface area contributed by atoms with Crippen molar-refractivity contribution in [1.82, 2.24) is 0 Å². The predicted molar refractivity (Wildman–Crippen MR) is 102 cm³/mol.